The Morgan fingerprint density at radius 3 is 1.89 bits per heavy atom. The first-order chi connectivity index (χ1) is 13.3. The summed E-state index contributed by atoms with van der Waals surface area (Å²) in [5.41, 5.74) is 2.34. The van der Waals surface area contributed by atoms with E-state index in [0.29, 0.717) is 19.0 Å². The quantitative estimate of drug-likeness (QED) is 0.251. The molecule has 0 saturated heterocycles. The normalized spacial score (nSPS) is 13.2. The molecule has 0 bridgehead atoms. The summed E-state index contributed by atoms with van der Waals surface area (Å²) < 4.78 is 25.5. The molecule has 0 aliphatic rings. The van der Waals surface area contributed by atoms with Crippen LogP contribution in [0.2, 0.25) is 0 Å². The lowest BCUT2D eigenvalue weighted by atomic mass is 9.94. The van der Waals surface area contributed by atoms with E-state index >= 15 is 0 Å². The SMILES string of the molecule is CCCCCOP(=O)(OCCCCC)C(C)c1cc(CC)c(O)c(C(C)C)c1. The fraction of sp³-hybridized carbons (Fsp3) is 0.739. The number of hydrogen-bond donors (Lipinski definition) is 1. The van der Waals surface area contributed by atoms with E-state index in [1.807, 2.05) is 26.0 Å². The molecule has 162 valence electrons. The van der Waals surface area contributed by atoms with Gasteiger partial charge in [-0.15, -0.1) is 0 Å². The van der Waals surface area contributed by atoms with Crippen molar-refractivity contribution in [2.75, 3.05) is 13.2 Å². The van der Waals surface area contributed by atoms with Gasteiger partial charge in [0.15, 0.2) is 0 Å². The molecule has 1 aromatic carbocycles. The lowest BCUT2D eigenvalue weighted by molar-refractivity contribution is 0.192. The van der Waals surface area contributed by atoms with Crippen molar-refractivity contribution in [2.24, 2.45) is 0 Å². The van der Waals surface area contributed by atoms with Crippen LogP contribution in [-0.2, 0) is 20.0 Å². The van der Waals surface area contributed by atoms with Gasteiger partial charge in [0.1, 0.15) is 5.75 Å². The van der Waals surface area contributed by atoms with Crippen LogP contribution in [0.4, 0.5) is 0 Å². The van der Waals surface area contributed by atoms with Crippen LogP contribution in [0.15, 0.2) is 12.1 Å². The predicted octanol–water partition coefficient (Wildman–Crippen LogP) is 7.75. The number of hydrogen-bond acceptors (Lipinski definition) is 4. The second-order valence-corrected chi connectivity index (χ2v) is 10.3. The van der Waals surface area contributed by atoms with Crippen molar-refractivity contribution < 1.29 is 18.7 Å². The lowest BCUT2D eigenvalue weighted by Crippen LogP contribution is -2.07. The Balaban J connectivity index is 3.13. The average molecular weight is 413 g/mol. The van der Waals surface area contributed by atoms with Crippen molar-refractivity contribution in [1.29, 1.82) is 0 Å². The minimum Gasteiger partial charge on any atom is -0.507 e. The molecule has 0 amide bonds. The first kappa shape index (κ1) is 25.2. The highest BCUT2D eigenvalue weighted by Gasteiger charge is 2.34. The van der Waals surface area contributed by atoms with E-state index in [9.17, 15) is 9.67 Å². The van der Waals surface area contributed by atoms with Gasteiger partial charge < -0.3 is 14.2 Å². The van der Waals surface area contributed by atoms with E-state index in [2.05, 4.69) is 27.7 Å². The summed E-state index contributed by atoms with van der Waals surface area (Å²) in [5.74, 6) is 0.545. The summed E-state index contributed by atoms with van der Waals surface area (Å²) in [6.07, 6.45) is 6.80. The van der Waals surface area contributed by atoms with Crippen molar-refractivity contribution >= 4 is 7.60 Å². The first-order valence-corrected chi connectivity index (χ1v) is 12.7. The zero-order valence-corrected chi connectivity index (χ0v) is 19.7. The van der Waals surface area contributed by atoms with Gasteiger partial charge in [-0.3, -0.25) is 4.57 Å². The Bertz CT molecular complexity index is 611. The van der Waals surface area contributed by atoms with Crippen molar-refractivity contribution in [2.45, 2.75) is 98.1 Å². The molecule has 0 aromatic heterocycles. The molecule has 4 nitrogen and oxygen atoms in total. The largest absolute Gasteiger partial charge is 0.507 e. The third-order valence-corrected chi connectivity index (χ3v) is 7.57. The van der Waals surface area contributed by atoms with E-state index in [1.165, 1.54) is 0 Å². The summed E-state index contributed by atoms with van der Waals surface area (Å²) in [6, 6.07) is 3.94. The Morgan fingerprint density at radius 2 is 1.46 bits per heavy atom. The zero-order valence-electron chi connectivity index (χ0n) is 18.8. The van der Waals surface area contributed by atoms with Gasteiger partial charge in [-0.1, -0.05) is 72.4 Å². The minimum absolute atomic E-state index is 0.188. The van der Waals surface area contributed by atoms with Gasteiger partial charge in [-0.2, -0.15) is 0 Å². The smallest absolute Gasteiger partial charge is 0.337 e. The molecule has 0 spiro atoms. The molecule has 1 atom stereocenters. The molecule has 0 fully saturated rings. The van der Waals surface area contributed by atoms with Crippen LogP contribution in [0.1, 0.15) is 108 Å². The van der Waals surface area contributed by atoms with Crippen LogP contribution in [0.3, 0.4) is 0 Å². The molecule has 0 aliphatic heterocycles. The summed E-state index contributed by atoms with van der Waals surface area (Å²) >= 11 is 0. The molecular weight excluding hydrogens is 371 g/mol. The van der Waals surface area contributed by atoms with E-state index in [1.54, 1.807) is 0 Å². The highest BCUT2D eigenvalue weighted by atomic mass is 31.2. The highest BCUT2D eigenvalue weighted by Crippen LogP contribution is 2.61. The summed E-state index contributed by atoms with van der Waals surface area (Å²) in [4.78, 5) is 0. The second kappa shape index (κ2) is 12.7. The van der Waals surface area contributed by atoms with E-state index in [0.717, 1.165) is 61.6 Å². The van der Waals surface area contributed by atoms with Crippen LogP contribution in [0, 0.1) is 0 Å². The van der Waals surface area contributed by atoms with Crippen LogP contribution < -0.4 is 0 Å². The van der Waals surface area contributed by atoms with Crippen molar-refractivity contribution in [3.8, 4) is 5.75 Å². The van der Waals surface area contributed by atoms with Gasteiger partial charge in [0, 0.05) is 0 Å². The lowest BCUT2D eigenvalue weighted by Gasteiger charge is -2.26. The van der Waals surface area contributed by atoms with Crippen LogP contribution in [-0.4, -0.2) is 18.3 Å². The summed E-state index contributed by atoms with van der Waals surface area (Å²) in [7, 11) is -3.29. The minimum atomic E-state index is -3.29. The standard InChI is InChI=1S/C23H41O4P/c1-7-10-12-14-26-28(25,27-15-13-11-8-2)19(6)21-16-20(9-3)23(24)22(17-21)18(4)5/h16-19,24H,7-15H2,1-6H3. The predicted molar refractivity (Wildman–Crippen MR) is 119 cm³/mol. The fourth-order valence-corrected chi connectivity index (χ4v) is 5.03. The Labute approximate surface area is 172 Å². The van der Waals surface area contributed by atoms with E-state index in [4.69, 9.17) is 9.05 Å². The maximum Gasteiger partial charge on any atom is 0.337 e. The first-order valence-electron chi connectivity index (χ1n) is 11.0. The topological polar surface area (TPSA) is 55.8 Å². The van der Waals surface area contributed by atoms with Gasteiger partial charge in [0.05, 0.1) is 18.9 Å². The van der Waals surface area contributed by atoms with Gasteiger partial charge >= 0.3 is 7.60 Å². The molecule has 1 rings (SSSR count). The van der Waals surface area contributed by atoms with Crippen molar-refractivity contribution in [3.63, 3.8) is 0 Å². The number of aromatic hydroxyl groups is 1. The third-order valence-electron chi connectivity index (χ3n) is 5.24. The number of rotatable bonds is 14. The third kappa shape index (κ3) is 7.21. The number of aryl methyl sites for hydroxylation is 1. The van der Waals surface area contributed by atoms with Gasteiger partial charge in [-0.25, -0.2) is 0 Å². The van der Waals surface area contributed by atoms with E-state index in [-0.39, 0.29) is 11.6 Å². The van der Waals surface area contributed by atoms with Crippen molar-refractivity contribution in [3.05, 3.63) is 28.8 Å². The number of benzene rings is 1. The Kier molecular flexibility index (Phi) is 11.4. The van der Waals surface area contributed by atoms with Gasteiger partial charge in [0.2, 0.25) is 0 Å². The molecule has 5 heteroatoms. The summed E-state index contributed by atoms with van der Waals surface area (Å²) in [6.45, 7) is 13.3. The number of phenolic OH excluding ortho intramolecular Hbond substituents is 1. The average Bonchev–Trinajstić information content (AvgIpc) is 2.68. The highest BCUT2D eigenvalue weighted by molar-refractivity contribution is 7.54. The molecule has 0 heterocycles. The molecule has 0 radical (unpaired) electrons. The van der Waals surface area contributed by atoms with Crippen LogP contribution in [0.25, 0.3) is 0 Å². The molecule has 28 heavy (non-hydrogen) atoms. The van der Waals surface area contributed by atoms with E-state index < -0.39 is 7.60 Å². The molecule has 0 aliphatic carbocycles. The maximum absolute atomic E-state index is 13.7. The summed E-state index contributed by atoms with van der Waals surface area (Å²) in [5, 5.41) is 10.5. The van der Waals surface area contributed by atoms with Gasteiger partial charge in [0.25, 0.3) is 0 Å². The zero-order chi connectivity index (χ0) is 21.2. The van der Waals surface area contributed by atoms with Crippen molar-refractivity contribution in [1.82, 2.24) is 0 Å². The number of unbranched alkanes of at least 4 members (excludes halogenated alkanes) is 4. The Morgan fingerprint density at radius 1 is 0.929 bits per heavy atom. The molecule has 1 aromatic rings. The van der Waals surface area contributed by atoms with Crippen LogP contribution >= 0.6 is 7.60 Å². The maximum atomic E-state index is 13.7. The molecule has 1 N–H and O–H groups in total. The molecule has 1 unspecified atom stereocenters. The number of phenols is 1. The monoisotopic (exact) mass is 412 g/mol. The Hall–Kier alpha value is -0.830. The van der Waals surface area contributed by atoms with Gasteiger partial charge in [-0.05, 0) is 48.8 Å². The molecule has 0 saturated carbocycles. The fourth-order valence-electron chi connectivity index (χ4n) is 3.23. The van der Waals surface area contributed by atoms with Crippen LogP contribution in [0.5, 0.6) is 5.75 Å². The molecular formula is C23H41O4P. The second-order valence-electron chi connectivity index (χ2n) is 7.92.